The topological polar surface area (TPSA) is 15.3 Å². The van der Waals surface area contributed by atoms with E-state index in [0.717, 1.165) is 12.1 Å². The normalized spacial score (nSPS) is 28.9. The summed E-state index contributed by atoms with van der Waals surface area (Å²) in [5, 5.41) is 3.68. The lowest BCUT2D eigenvalue weighted by atomic mass is 9.96. The molecule has 3 heteroatoms. The summed E-state index contributed by atoms with van der Waals surface area (Å²) in [7, 11) is 0. The van der Waals surface area contributed by atoms with Gasteiger partial charge in [0.1, 0.15) is 5.82 Å². The Labute approximate surface area is 121 Å². The maximum atomic E-state index is 13.4. The Morgan fingerprint density at radius 1 is 1.25 bits per heavy atom. The van der Waals surface area contributed by atoms with Crippen LogP contribution >= 0.6 is 0 Å². The largest absolute Gasteiger partial charge is 0.365 e. The fraction of sp³-hybridized carbons (Fsp3) is 0.647. The van der Waals surface area contributed by atoms with Crippen molar-refractivity contribution in [1.29, 1.82) is 0 Å². The molecule has 110 valence electrons. The molecule has 0 radical (unpaired) electrons. The van der Waals surface area contributed by atoms with E-state index in [4.69, 9.17) is 0 Å². The van der Waals surface area contributed by atoms with E-state index in [0.29, 0.717) is 18.1 Å². The number of nitrogens with one attached hydrogen (secondary N) is 1. The number of aryl methyl sites for hydroxylation is 1. The molecule has 2 saturated heterocycles. The summed E-state index contributed by atoms with van der Waals surface area (Å²) in [5.41, 5.74) is 1.97. The Morgan fingerprint density at radius 3 is 2.55 bits per heavy atom. The Kier molecular flexibility index (Phi) is 3.97. The van der Waals surface area contributed by atoms with Gasteiger partial charge in [-0.05, 0) is 69.3 Å². The first-order valence-corrected chi connectivity index (χ1v) is 7.97. The second-order valence-electron chi connectivity index (χ2n) is 6.35. The Balaban J connectivity index is 1.74. The monoisotopic (exact) mass is 276 g/mol. The van der Waals surface area contributed by atoms with Crippen molar-refractivity contribution < 1.29 is 4.39 Å². The van der Waals surface area contributed by atoms with E-state index >= 15 is 0 Å². The highest BCUT2D eigenvalue weighted by Crippen LogP contribution is 2.39. The van der Waals surface area contributed by atoms with Crippen molar-refractivity contribution in [2.24, 2.45) is 0 Å². The summed E-state index contributed by atoms with van der Waals surface area (Å²) in [5.74, 6) is -0.0967. The quantitative estimate of drug-likeness (QED) is 0.903. The zero-order valence-electron chi connectivity index (χ0n) is 12.5. The molecule has 20 heavy (non-hydrogen) atoms. The van der Waals surface area contributed by atoms with Crippen LogP contribution < -0.4 is 10.2 Å². The summed E-state index contributed by atoms with van der Waals surface area (Å²) in [6.07, 6.45) is 6.23. The van der Waals surface area contributed by atoms with Crippen molar-refractivity contribution in [3.8, 4) is 0 Å². The number of nitrogens with zero attached hydrogens (tertiary/aromatic N) is 1. The number of piperidine rings is 1. The predicted molar refractivity (Wildman–Crippen MR) is 81.7 cm³/mol. The number of rotatable bonds is 4. The van der Waals surface area contributed by atoms with Gasteiger partial charge in [0.25, 0.3) is 0 Å². The van der Waals surface area contributed by atoms with Crippen LogP contribution in [-0.2, 0) is 0 Å². The number of benzene rings is 1. The van der Waals surface area contributed by atoms with Gasteiger partial charge in [-0.15, -0.1) is 0 Å². The van der Waals surface area contributed by atoms with Crippen molar-refractivity contribution in [2.45, 2.75) is 64.1 Å². The second kappa shape index (κ2) is 5.72. The van der Waals surface area contributed by atoms with E-state index in [-0.39, 0.29) is 5.82 Å². The highest BCUT2D eigenvalue weighted by Gasteiger charge is 2.40. The van der Waals surface area contributed by atoms with Gasteiger partial charge in [0, 0.05) is 23.8 Å². The zero-order valence-corrected chi connectivity index (χ0v) is 12.5. The average molecular weight is 276 g/mol. The Bertz CT molecular complexity index is 460. The Hall–Kier alpha value is -1.09. The average Bonchev–Trinajstić information content (AvgIpc) is 2.71. The second-order valence-corrected chi connectivity index (χ2v) is 6.35. The smallest absolute Gasteiger partial charge is 0.126 e. The number of fused-ring (bicyclic) bond motifs is 2. The molecule has 2 fully saturated rings. The molecule has 0 amide bonds. The van der Waals surface area contributed by atoms with Crippen LogP contribution in [0.5, 0.6) is 0 Å². The molecule has 0 aromatic heterocycles. The minimum atomic E-state index is -0.0967. The number of hydrogen-bond acceptors (Lipinski definition) is 2. The molecular weight excluding hydrogens is 251 g/mol. The molecule has 0 aliphatic carbocycles. The minimum absolute atomic E-state index is 0.0967. The molecule has 2 unspecified atom stereocenters. The molecule has 1 aromatic carbocycles. The van der Waals surface area contributed by atoms with Crippen LogP contribution in [0.1, 0.15) is 44.6 Å². The molecular formula is C17H25FN2. The molecule has 1 N–H and O–H groups in total. The first-order valence-electron chi connectivity index (χ1n) is 7.97. The van der Waals surface area contributed by atoms with Gasteiger partial charge in [0.15, 0.2) is 0 Å². The highest BCUT2D eigenvalue weighted by atomic mass is 19.1. The third-order valence-electron chi connectivity index (χ3n) is 4.86. The van der Waals surface area contributed by atoms with E-state index < -0.39 is 0 Å². The summed E-state index contributed by atoms with van der Waals surface area (Å²) in [6, 6.07) is 7.52. The highest BCUT2D eigenvalue weighted by molar-refractivity contribution is 5.52. The van der Waals surface area contributed by atoms with Crippen molar-refractivity contribution in [3.05, 3.63) is 29.6 Å². The van der Waals surface area contributed by atoms with Crippen molar-refractivity contribution in [1.82, 2.24) is 5.32 Å². The van der Waals surface area contributed by atoms with Gasteiger partial charge in [-0.25, -0.2) is 4.39 Å². The minimum Gasteiger partial charge on any atom is -0.365 e. The lowest BCUT2D eigenvalue weighted by Crippen LogP contribution is -2.49. The standard InChI is InChI=1S/C17H25FN2/c1-3-8-19-13-10-15-4-5-16(11-13)20(15)14-6-7-17(18)12(2)9-14/h6-7,9,13,15-16,19H,3-5,8,10-11H2,1-2H3. The van der Waals surface area contributed by atoms with Crippen LogP contribution in [0, 0.1) is 12.7 Å². The molecule has 2 aliphatic rings. The lowest BCUT2D eigenvalue weighted by Gasteiger charge is -2.41. The van der Waals surface area contributed by atoms with Gasteiger partial charge >= 0.3 is 0 Å². The first-order chi connectivity index (χ1) is 9.69. The fourth-order valence-corrected chi connectivity index (χ4v) is 3.90. The Morgan fingerprint density at radius 2 is 1.95 bits per heavy atom. The molecule has 2 atom stereocenters. The summed E-state index contributed by atoms with van der Waals surface area (Å²) < 4.78 is 13.4. The zero-order chi connectivity index (χ0) is 14.1. The number of hydrogen-bond donors (Lipinski definition) is 1. The maximum absolute atomic E-state index is 13.4. The van der Waals surface area contributed by atoms with Gasteiger partial charge in [0.2, 0.25) is 0 Å². The van der Waals surface area contributed by atoms with Crippen LogP contribution in [0.3, 0.4) is 0 Å². The van der Waals surface area contributed by atoms with Gasteiger partial charge in [0.05, 0.1) is 0 Å². The molecule has 2 nitrogen and oxygen atoms in total. The summed E-state index contributed by atoms with van der Waals surface area (Å²) >= 11 is 0. The molecule has 0 saturated carbocycles. The van der Waals surface area contributed by atoms with Crippen molar-refractivity contribution in [2.75, 3.05) is 11.4 Å². The SMILES string of the molecule is CCCNC1CC2CCC(C1)N2c1ccc(F)c(C)c1. The van der Waals surface area contributed by atoms with Gasteiger partial charge in [-0.3, -0.25) is 0 Å². The third-order valence-corrected chi connectivity index (χ3v) is 4.86. The van der Waals surface area contributed by atoms with Crippen molar-refractivity contribution >= 4 is 5.69 Å². The van der Waals surface area contributed by atoms with Gasteiger partial charge < -0.3 is 10.2 Å². The van der Waals surface area contributed by atoms with E-state index in [2.05, 4.69) is 17.1 Å². The van der Waals surface area contributed by atoms with Crippen LogP contribution in [0.25, 0.3) is 0 Å². The summed E-state index contributed by atoms with van der Waals surface area (Å²) in [6.45, 7) is 5.20. The molecule has 3 rings (SSSR count). The predicted octanol–water partition coefficient (Wildman–Crippen LogP) is 3.63. The molecule has 2 bridgehead atoms. The fourth-order valence-electron chi connectivity index (χ4n) is 3.90. The van der Waals surface area contributed by atoms with Crippen LogP contribution in [-0.4, -0.2) is 24.7 Å². The maximum Gasteiger partial charge on any atom is 0.126 e. The molecule has 2 heterocycles. The van der Waals surface area contributed by atoms with E-state index in [1.54, 1.807) is 6.07 Å². The molecule has 1 aromatic rings. The summed E-state index contributed by atoms with van der Waals surface area (Å²) in [4.78, 5) is 2.55. The van der Waals surface area contributed by atoms with E-state index in [1.165, 1.54) is 37.8 Å². The van der Waals surface area contributed by atoms with Crippen LogP contribution in [0.2, 0.25) is 0 Å². The van der Waals surface area contributed by atoms with Crippen LogP contribution in [0.15, 0.2) is 18.2 Å². The van der Waals surface area contributed by atoms with E-state index in [9.17, 15) is 4.39 Å². The van der Waals surface area contributed by atoms with Crippen LogP contribution in [0.4, 0.5) is 10.1 Å². The van der Waals surface area contributed by atoms with Gasteiger partial charge in [-0.2, -0.15) is 0 Å². The lowest BCUT2D eigenvalue weighted by molar-refractivity contribution is 0.356. The molecule has 2 aliphatic heterocycles. The third kappa shape index (κ3) is 2.56. The first kappa shape index (κ1) is 13.9. The molecule has 0 spiro atoms. The van der Waals surface area contributed by atoms with Crippen molar-refractivity contribution in [3.63, 3.8) is 0 Å². The number of halogens is 1. The van der Waals surface area contributed by atoms with E-state index in [1.807, 2.05) is 19.1 Å². The van der Waals surface area contributed by atoms with Gasteiger partial charge in [-0.1, -0.05) is 6.92 Å². The number of anilines is 1.